The van der Waals surface area contributed by atoms with E-state index in [1.165, 1.54) is 19.3 Å². The van der Waals surface area contributed by atoms with Crippen LogP contribution in [0, 0.1) is 28.6 Å². The van der Waals surface area contributed by atoms with Crippen LogP contribution in [0.5, 0.6) is 0 Å². The van der Waals surface area contributed by atoms with E-state index in [0.29, 0.717) is 19.4 Å². The predicted octanol–water partition coefficient (Wildman–Crippen LogP) is 5.05. The minimum absolute atomic E-state index is 0.117. The van der Waals surface area contributed by atoms with Gasteiger partial charge in [-0.05, 0) is 103 Å². The van der Waals surface area contributed by atoms with Gasteiger partial charge in [-0.2, -0.15) is 0 Å². The Morgan fingerprint density at radius 3 is 2.10 bits per heavy atom. The Labute approximate surface area is 181 Å². The van der Waals surface area contributed by atoms with E-state index in [9.17, 15) is 9.59 Å². The van der Waals surface area contributed by atoms with Crippen LogP contribution in [0.3, 0.4) is 0 Å². The molecule has 4 saturated carbocycles. The summed E-state index contributed by atoms with van der Waals surface area (Å²) >= 11 is 0. The molecule has 1 heterocycles. The lowest BCUT2D eigenvalue weighted by Gasteiger charge is -2.56. The molecule has 5 aliphatic rings. The fourth-order valence-corrected chi connectivity index (χ4v) is 6.98. The van der Waals surface area contributed by atoms with Gasteiger partial charge in [-0.1, -0.05) is 6.92 Å². The number of rotatable bonds is 7. The van der Waals surface area contributed by atoms with E-state index < -0.39 is 10.8 Å². The predicted molar refractivity (Wildman–Crippen MR) is 114 cm³/mol. The number of esters is 2. The third-order valence-electron chi connectivity index (χ3n) is 8.34. The minimum Gasteiger partial charge on any atom is -0.460 e. The highest BCUT2D eigenvalue weighted by molar-refractivity contribution is 5.80. The maximum absolute atomic E-state index is 13.5. The molecule has 0 amide bonds. The van der Waals surface area contributed by atoms with E-state index in [2.05, 4.69) is 0 Å². The van der Waals surface area contributed by atoms with E-state index in [1.807, 2.05) is 27.7 Å². The molecule has 30 heavy (non-hydrogen) atoms. The molecule has 1 aliphatic heterocycles. The second-order valence-corrected chi connectivity index (χ2v) is 11.7. The van der Waals surface area contributed by atoms with Crippen molar-refractivity contribution in [3.63, 3.8) is 0 Å². The summed E-state index contributed by atoms with van der Waals surface area (Å²) in [5.74, 6) is 1.86. The molecule has 4 bridgehead atoms. The molecular weight excluding hydrogens is 380 g/mol. The van der Waals surface area contributed by atoms with Crippen LogP contribution in [0.4, 0.5) is 0 Å². The summed E-state index contributed by atoms with van der Waals surface area (Å²) < 4.78 is 17.6. The minimum atomic E-state index is -0.747. The van der Waals surface area contributed by atoms with Crippen LogP contribution in [-0.4, -0.2) is 36.9 Å². The lowest BCUT2D eigenvalue weighted by molar-refractivity contribution is -0.199. The fourth-order valence-electron chi connectivity index (χ4n) is 6.98. The molecule has 0 aromatic heterocycles. The molecule has 170 valence electrons. The van der Waals surface area contributed by atoms with Gasteiger partial charge in [-0.3, -0.25) is 9.59 Å². The fraction of sp³-hybridized carbons (Fsp3) is 0.920. The van der Waals surface area contributed by atoms with Crippen LogP contribution < -0.4 is 0 Å². The van der Waals surface area contributed by atoms with E-state index in [0.717, 1.165) is 56.5 Å². The van der Waals surface area contributed by atoms with Gasteiger partial charge in [0.1, 0.15) is 11.7 Å². The van der Waals surface area contributed by atoms with Crippen LogP contribution in [0.1, 0.15) is 91.9 Å². The normalized spacial score (nSPS) is 37.5. The molecule has 0 aromatic rings. The van der Waals surface area contributed by atoms with Gasteiger partial charge in [0.2, 0.25) is 0 Å². The smallest absolute Gasteiger partial charge is 0.312 e. The van der Waals surface area contributed by atoms with Gasteiger partial charge in [0.25, 0.3) is 0 Å². The summed E-state index contributed by atoms with van der Waals surface area (Å²) in [6, 6.07) is 0. The average molecular weight is 421 g/mol. The quantitative estimate of drug-likeness (QED) is 0.539. The first kappa shape index (κ1) is 22.1. The highest BCUT2D eigenvalue weighted by Crippen LogP contribution is 2.57. The maximum atomic E-state index is 13.5. The highest BCUT2D eigenvalue weighted by Gasteiger charge is 2.55. The molecule has 2 atom stereocenters. The monoisotopic (exact) mass is 420 g/mol. The van der Waals surface area contributed by atoms with Crippen molar-refractivity contribution in [2.24, 2.45) is 28.6 Å². The molecule has 5 heteroatoms. The molecule has 5 nitrogen and oxygen atoms in total. The Kier molecular flexibility index (Phi) is 5.97. The molecule has 4 aliphatic carbocycles. The number of ether oxygens (including phenoxy) is 3. The lowest BCUT2D eigenvalue weighted by Crippen LogP contribution is -2.54. The van der Waals surface area contributed by atoms with Crippen LogP contribution >= 0.6 is 0 Å². The Hall–Kier alpha value is -1.10. The largest absolute Gasteiger partial charge is 0.460 e. The number of hydrogen-bond donors (Lipinski definition) is 0. The van der Waals surface area contributed by atoms with E-state index in [4.69, 9.17) is 14.2 Å². The Bertz CT molecular complexity index is 627. The summed E-state index contributed by atoms with van der Waals surface area (Å²) in [6.07, 6.45) is 9.78. The van der Waals surface area contributed by atoms with Crippen molar-refractivity contribution in [3.8, 4) is 0 Å². The summed E-state index contributed by atoms with van der Waals surface area (Å²) in [4.78, 5) is 26.4. The highest BCUT2D eigenvalue weighted by atomic mass is 16.6. The standard InChI is InChI=1S/C25H40O5/c1-5-24(4,16-23(2,3)21(26)29-20-7-6-8-28-15-20)22(27)30-25-12-17-9-18(13-25)11-19(10-17)14-25/h17-20H,5-16H2,1-4H3. The zero-order chi connectivity index (χ0) is 21.6. The zero-order valence-corrected chi connectivity index (χ0v) is 19.3. The van der Waals surface area contributed by atoms with Crippen molar-refractivity contribution in [1.82, 2.24) is 0 Å². The number of hydrogen-bond acceptors (Lipinski definition) is 5. The van der Waals surface area contributed by atoms with Crippen molar-refractivity contribution in [2.75, 3.05) is 13.2 Å². The summed E-state index contributed by atoms with van der Waals surface area (Å²) in [6.45, 7) is 8.99. The Balaban J connectivity index is 1.40. The maximum Gasteiger partial charge on any atom is 0.312 e. The zero-order valence-electron chi connectivity index (χ0n) is 19.3. The molecule has 0 aromatic carbocycles. The van der Waals surface area contributed by atoms with Crippen molar-refractivity contribution in [3.05, 3.63) is 0 Å². The van der Waals surface area contributed by atoms with Gasteiger partial charge in [0, 0.05) is 6.61 Å². The van der Waals surface area contributed by atoms with Gasteiger partial charge in [0.05, 0.1) is 17.4 Å². The first-order chi connectivity index (χ1) is 14.1. The first-order valence-electron chi connectivity index (χ1n) is 12.2. The first-order valence-corrected chi connectivity index (χ1v) is 12.2. The van der Waals surface area contributed by atoms with E-state index >= 15 is 0 Å². The van der Waals surface area contributed by atoms with Crippen molar-refractivity contribution >= 4 is 11.9 Å². The Morgan fingerprint density at radius 2 is 1.60 bits per heavy atom. The molecule has 0 N–H and O–H groups in total. The SMILES string of the molecule is CCC(C)(CC(C)(C)C(=O)OC1CCCOC1)C(=O)OC12CC3CC(CC(C3)C1)C2. The summed E-state index contributed by atoms with van der Waals surface area (Å²) in [5.41, 5.74) is -1.68. The topological polar surface area (TPSA) is 61.8 Å². The average Bonchev–Trinajstić information content (AvgIpc) is 2.66. The number of carbonyl (C=O) groups is 2. The van der Waals surface area contributed by atoms with E-state index in [1.54, 1.807) is 0 Å². The van der Waals surface area contributed by atoms with E-state index in [-0.39, 0.29) is 23.6 Å². The molecule has 1 saturated heterocycles. The van der Waals surface area contributed by atoms with Gasteiger partial charge < -0.3 is 14.2 Å². The molecule has 0 spiro atoms. The van der Waals surface area contributed by atoms with Gasteiger partial charge in [-0.15, -0.1) is 0 Å². The van der Waals surface area contributed by atoms with Gasteiger partial charge >= 0.3 is 11.9 Å². The summed E-state index contributed by atoms with van der Waals surface area (Å²) in [5, 5.41) is 0. The summed E-state index contributed by atoms with van der Waals surface area (Å²) in [7, 11) is 0. The van der Waals surface area contributed by atoms with Crippen LogP contribution in [0.15, 0.2) is 0 Å². The molecule has 0 radical (unpaired) electrons. The second-order valence-electron chi connectivity index (χ2n) is 11.7. The molecule has 2 unspecified atom stereocenters. The number of carbonyl (C=O) groups excluding carboxylic acids is 2. The molecule has 5 rings (SSSR count). The third-order valence-corrected chi connectivity index (χ3v) is 8.34. The van der Waals surface area contributed by atoms with Crippen LogP contribution in [0.2, 0.25) is 0 Å². The molecular formula is C25H40O5. The van der Waals surface area contributed by atoms with Gasteiger partial charge in [0.15, 0.2) is 0 Å². The Morgan fingerprint density at radius 1 is 1.00 bits per heavy atom. The van der Waals surface area contributed by atoms with Crippen molar-refractivity contribution < 1.29 is 23.8 Å². The lowest BCUT2D eigenvalue weighted by atomic mass is 9.54. The third kappa shape index (κ3) is 4.42. The van der Waals surface area contributed by atoms with Gasteiger partial charge in [-0.25, -0.2) is 0 Å². The second kappa shape index (κ2) is 8.11. The van der Waals surface area contributed by atoms with Crippen molar-refractivity contribution in [1.29, 1.82) is 0 Å². The van der Waals surface area contributed by atoms with Crippen LogP contribution in [-0.2, 0) is 23.8 Å². The molecule has 5 fully saturated rings. The van der Waals surface area contributed by atoms with Crippen molar-refractivity contribution in [2.45, 2.75) is 104 Å². The van der Waals surface area contributed by atoms with Crippen LogP contribution in [0.25, 0.3) is 0 Å².